The molecule has 1 N–H and O–H groups in total. The van der Waals surface area contributed by atoms with Gasteiger partial charge in [0.1, 0.15) is 0 Å². The Kier molecular flexibility index (Phi) is 5.27. The van der Waals surface area contributed by atoms with Crippen molar-refractivity contribution < 1.29 is 4.79 Å². The molecule has 3 aromatic heterocycles. The first-order valence-corrected chi connectivity index (χ1v) is 9.66. The molecule has 0 bridgehead atoms. The molecule has 0 aliphatic rings. The lowest BCUT2D eigenvalue weighted by Gasteiger charge is -2.15. The maximum atomic E-state index is 13.1. The van der Waals surface area contributed by atoms with E-state index >= 15 is 0 Å². The van der Waals surface area contributed by atoms with E-state index in [0.29, 0.717) is 28.2 Å². The predicted molar refractivity (Wildman–Crippen MR) is 114 cm³/mol. The molecule has 0 saturated carbocycles. The number of carbonyl (C=O) groups excluding carboxylic acids is 1. The number of aromatic nitrogens is 4. The number of nitrogens with zero attached hydrogens (tertiary/aromatic N) is 4. The van der Waals surface area contributed by atoms with E-state index in [1.165, 1.54) is 0 Å². The normalized spacial score (nSPS) is 12.1. The topological polar surface area (TPSA) is 72.7 Å². The monoisotopic (exact) mass is 405 g/mol. The first-order valence-electron chi connectivity index (χ1n) is 9.28. The summed E-state index contributed by atoms with van der Waals surface area (Å²) in [5.41, 5.74) is 3.86. The molecule has 6 nitrogen and oxygen atoms in total. The van der Waals surface area contributed by atoms with Crippen molar-refractivity contribution in [2.45, 2.75) is 19.4 Å². The van der Waals surface area contributed by atoms with Crippen LogP contribution in [0.2, 0.25) is 5.02 Å². The second kappa shape index (κ2) is 8.01. The highest BCUT2D eigenvalue weighted by molar-refractivity contribution is 6.31. The molecule has 4 aromatic rings. The summed E-state index contributed by atoms with van der Waals surface area (Å²) in [6, 6.07) is 11.0. The van der Waals surface area contributed by atoms with Crippen molar-refractivity contribution in [3.05, 3.63) is 77.3 Å². The lowest BCUT2D eigenvalue weighted by Crippen LogP contribution is -2.34. The van der Waals surface area contributed by atoms with Crippen molar-refractivity contribution in [3.8, 4) is 11.3 Å². The standard InChI is InChI=1S/C22H20ClN5O/c1-14(8-15-4-3-7-24-11-15)26-22(29)19-10-21(16-12-25-28(2)13-16)27-20-6-5-17(23)9-18(19)20/h3-7,9-14H,8H2,1-2H3,(H,26,29)/t14-/m0/s1. The molecular formula is C22H20ClN5O. The number of pyridine rings is 2. The van der Waals surface area contributed by atoms with Gasteiger partial charge in [0, 0.05) is 47.7 Å². The average molecular weight is 406 g/mol. The van der Waals surface area contributed by atoms with E-state index in [9.17, 15) is 4.79 Å². The van der Waals surface area contributed by atoms with E-state index in [2.05, 4.69) is 20.4 Å². The maximum Gasteiger partial charge on any atom is 0.252 e. The van der Waals surface area contributed by atoms with E-state index in [1.807, 2.05) is 44.6 Å². The van der Waals surface area contributed by atoms with Crippen molar-refractivity contribution in [1.82, 2.24) is 25.1 Å². The maximum absolute atomic E-state index is 13.1. The van der Waals surface area contributed by atoms with Gasteiger partial charge in [-0.25, -0.2) is 4.98 Å². The van der Waals surface area contributed by atoms with Crippen LogP contribution in [0.5, 0.6) is 0 Å². The summed E-state index contributed by atoms with van der Waals surface area (Å²) in [6.07, 6.45) is 7.84. The Balaban J connectivity index is 1.68. The quantitative estimate of drug-likeness (QED) is 0.543. The molecule has 0 fully saturated rings. The number of amides is 1. The Labute approximate surface area is 173 Å². The summed E-state index contributed by atoms with van der Waals surface area (Å²) in [7, 11) is 1.85. The first-order chi connectivity index (χ1) is 14.0. The average Bonchev–Trinajstić information content (AvgIpc) is 3.14. The van der Waals surface area contributed by atoms with Gasteiger partial charge in [-0.2, -0.15) is 5.10 Å². The van der Waals surface area contributed by atoms with Crippen LogP contribution in [0, 0.1) is 0 Å². The van der Waals surface area contributed by atoms with E-state index in [0.717, 1.165) is 16.5 Å². The van der Waals surface area contributed by atoms with Crippen LogP contribution in [0.3, 0.4) is 0 Å². The van der Waals surface area contributed by atoms with Gasteiger partial charge in [-0.1, -0.05) is 17.7 Å². The molecule has 1 amide bonds. The van der Waals surface area contributed by atoms with Gasteiger partial charge >= 0.3 is 0 Å². The molecule has 3 heterocycles. The Bertz CT molecular complexity index is 1170. The van der Waals surface area contributed by atoms with E-state index in [1.54, 1.807) is 35.3 Å². The molecule has 0 spiro atoms. The largest absolute Gasteiger partial charge is 0.349 e. The van der Waals surface area contributed by atoms with Crippen LogP contribution < -0.4 is 5.32 Å². The van der Waals surface area contributed by atoms with Crippen molar-refractivity contribution in [2.24, 2.45) is 7.05 Å². The van der Waals surface area contributed by atoms with Gasteiger partial charge < -0.3 is 5.32 Å². The first kappa shape index (κ1) is 19.1. The third kappa shape index (κ3) is 4.27. The molecule has 0 aliphatic carbocycles. The number of benzene rings is 1. The zero-order chi connectivity index (χ0) is 20.4. The molecule has 0 radical (unpaired) electrons. The second-order valence-corrected chi connectivity index (χ2v) is 7.50. The van der Waals surface area contributed by atoms with Gasteiger partial charge in [-0.3, -0.25) is 14.5 Å². The molecule has 0 aliphatic heterocycles. The van der Waals surface area contributed by atoms with Crippen LogP contribution in [-0.2, 0) is 13.5 Å². The molecule has 7 heteroatoms. The van der Waals surface area contributed by atoms with Gasteiger partial charge in [-0.05, 0) is 49.2 Å². The number of aryl methyl sites for hydroxylation is 1. The zero-order valence-corrected chi connectivity index (χ0v) is 16.9. The van der Waals surface area contributed by atoms with Crippen LogP contribution in [0.15, 0.2) is 61.2 Å². The van der Waals surface area contributed by atoms with Gasteiger partial charge in [0.05, 0.1) is 23.0 Å². The molecule has 29 heavy (non-hydrogen) atoms. The van der Waals surface area contributed by atoms with Gasteiger partial charge in [-0.15, -0.1) is 0 Å². The fraction of sp³-hybridized carbons (Fsp3) is 0.182. The number of fused-ring (bicyclic) bond motifs is 1. The highest BCUT2D eigenvalue weighted by atomic mass is 35.5. The zero-order valence-electron chi connectivity index (χ0n) is 16.1. The summed E-state index contributed by atoms with van der Waals surface area (Å²) in [4.78, 5) is 22.0. The molecule has 4 rings (SSSR count). The van der Waals surface area contributed by atoms with Crippen molar-refractivity contribution in [1.29, 1.82) is 0 Å². The minimum Gasteiger partial charge on any atom is -0.349 e. The molecule has 146 valence electrons. The van der Waals surface area contributed by atoms with Crippen molar-refractivity contribution in [2.75, 3.05) is 0 Å². The fourth-order valence-electron chi connectivity index (χ4n) is 3.31. The van der Waals surface area contributed by atoms with Crippen LogP contribution in [0.1, 0.15) is 22.8 Å². The highest BCUT2D eigenvalue weighted by Crippen LogP contribution is 2.27. The summed E-state index contributed by atoms with van der Waals surface area (Å²) in [5, 5.41) is 8.57. The Morgan fingerprint density at radius 1 is 1.24 bits per heavy atom. The van der Waals surface area contributed by atoms with Gasteiger partial charge in [0.25, 0.3) is 5.91 Å². The number of rotatable bonds is 5. The second-order valence-electron chi connectivity index (χ2n) is 7.06. The lowest BCUT2D eigenvalue weighted by atomic mass is 10.0. The fourth-order valence-corrected chi connectivity index (χ4v) is 3.48. The molecule has 1 aromatic carbocycles. The Morgan fingerprint density at radius 2 is 2.10 bits per heavy atom. The van der Waals surface area contributed by atoms with Gasteiger partial charge in [0.15, 0.2) is 0 Å². The Morgan fingerprint density at radius 3 is 2.83 bits per heavy atom. The number of hydrogen-bond acceptors (Lipinski definition) is 4. The number of hydrogen-bond donors (Lipinski definition) is 1. The summed E-state index contributed by atoms with van der Waals surface area (Å²) < 4.78 is 1.71. The molecular weight excluding hydrogens is 386 g/mol. The highest BCUT2D eigenvalue weighted by Gasteiger charge is 2.17. The van der Waals surface area contributed by atoms with Crippen LogP contribution in [0.4, 0.5) is 0 Å². The number of halogens is 1. The van der Waals surface area contributed by atoms with E-state index < -0.39 is 0 Å². The van der Waals surface area contributed by atoms with E-state index in [4.69, 9.17) is 11.6 Å². The third-order valence-electron chi connectivity index (χ3n) is 4.66. The number of nitrogens with one attached hydrogen (secondary N) is 1. The Hall–Kier alpha value is -3.25. The van der Waals surface area contributed by atoms with E-state index in [-0.39, 0.29) is 11.9 Å². The van der Waals surface area contributed by atoms with Crippen LogP contribution >= 0.6 is 11.6 Å². The predicted octanol–water partition coefficient (Wildman–Crippen LogP) is 4.04. The number of carbonyl (C=O) groups is 1. The summed E-state index contributed by atoms with van der Waals surface area (Å²) >= 11 is 6.19. The lowest BCUT2D eigenvalue weighted by molar-refractivity contribution is 0.0941. The molecule has 0 saturated heterocycles. The van der Waals surface area contributed by atoms with Crippen molar-refractivity contribution >= 4 is 28.4 Å². The van der Waals surface area contributed by atoms with Crippen molar-refractivity contribution in [3.63, 3.8) is 0 Å². The molecule has 1 atom stereocenters. The molecule has 0 unspecified atom stereocenters. The minimum absolute atomic E-state index is 0.0593. The van der Waals surface area contributed by atoms with Crippen LogP contribution in [-0.4, -0.2) is 31.7 Å². The summed E-state index contributed by atoms with van der Waals surface area (Å²) in [6.45, 7) is 1.98. The smallest absolute Gasteiger partial charge is 0.252 e. The minimum atomic E-state index is -0.166. The van der Waals surface area contributed by atoms with Crippen LogP contribution in [0.25, 0.3) is 22.2 Å². The van der Waals surface area contributed by atoms with Gasteiger partial charge in [0.2, 0.25) is 0 Å². The summed E-state index contributed by atoms with van der Waals surface area (Å²) in [5.74, 6) is -0.166. The third-order valence-corrected chi connectivity index (χ3v) is 4.89. The SMILES string of the molecule is C[C@@H](Cc1cccnc1)NC(=O)c1cc(-c2cnn(C)c2)nc2ccc(Cl)cc12.